The van der Waals surface area contributed by atoms with Gasteiger partial charge in [-0.25, -0.2) is 0 Å². The van der Waals surface area contributed by atoms with Crippen molar-refractivity contribution in [3.8, 4) is 0 Å². The van der Waals surface area contributed by atoms with Gasteiger partial charge in [0, 0.05) is 17.6 Å². The molecule has 0 aliphatic rings. The molecule has 0 bridgehead atoms. The average Bonchev–Trinajstić information content (AvgIpc) is 0.722. The molecule has 0 amide bonds. The maximum absolute atomic E-state index is 9.88. The first-order chi connectivity index (χ1) is 2.00. The molecule has 0 rings (SSSR count). The fraction of sp³-hybridized carbons (Fsp3) is 0. The maximum atomic E-state index is 9.88. The second-order valence-electron chi connectivity index (χ2n) is 0.429. The molecular formula is F4Ge2. The van der Waals surface area contributed by atoms with Crippen molar-refractivity contribution in [1.82, 2.24) is 0 Å². The van der Waals surface area contributed by atoms with E-state index in [0.29, 0.717) is 0 Å². The summed E-state index contributed by atoms with van der Waals surface area (Å²) in [6.07, 6.45) is 0. The second-order valence-corrected chi connectivity index (χ2v) is 2.23. The first-order valence-electron chi connectivity index (χ1n) is 0.756. The molecule has 0 heterocycles. The quantitative estimate of drug-likeness (QED) is 0.421. The largest absolute Gasteiger partial charge is 0 e. The summed E-state index contributed by atoms with van der Waals surface area (Å²) in [4.78, 5) is 0. The Hall–Kier alpha value is 0.806. The Morgan fingerprint density at radius 1 is 0.833 bits per heavy atom. The molecule has 6 heavy (non-hydrogen) atoms. The third kappa shape index (κ3) is 107. The van der Waals surface area contributed by atoms with Crippen molar-refractivity contribution < 1.29 is 14.0 Å². The van der Waals surface area contributed by atoms with Crippen LogP contribution in [0.3, 0.4) is 0 Å². The summed E-state index contributed by atoms with van der Waals surface area (Å²) in [7, 11) is 0. The van der Waals surface area contributed by atoms with Crippen LogP contribution in [0.4, 0.5) is 14.0 Å². The summed E-state index contributed by atoms with van der Waals surface area (Å²) < 4.78 is 39.5. The molecule has 0 aliphatic carbocycles. The third-order valence-electron chi connectivity index (χ3n) is 0. The fourth-order valence-electron chi connectivity index (χ4n) is 0. The van der Waals surface area contributed by atoms with E-state index >= 15 is 0 Å². The van der Waals surface area contributed by atoms with Crippen molar-refractivity contribution in [3.63, 3.8) is 0 Å². The zero-order valence-electron chi connectivity index (χ0n) is 2.51. The molecule has 0 fully saturated rings. The van der Waals surface area contributed by atoms with Gasteiger partial charge in [0.25, 0.3) is 0 Å². The molecule has 0 spiro atoms. The molecule has 0 aromatic carbocycles. The summed E-state index contributed by atoms with van der Waals surface area (Å²) >= 11 is -7.00. The van der Waals surface area contributed by atoms with Gasteiger partial charge in [-0.1, -0.05) is 0 Å². The van der Waals surface area contributed by atoms with Gasteiger partial charge in [0.2, 0.25) is 0 Å². The number of rotatable bonds is 0. The smallest absolute Gasteiger partial charge is 0 e. The Balaban J connectivity index is 0. The van der Waals surface area contributed by atoms with Crippen LogP contribution in [0.2, 0.25) is 0 Å². The zero-order valence-corrected chi connectivity index (χ0v) is 6.71. The molecule has 4 radical (unpaired) electrons. The number of hydrogen-bond acceptors (Lipinski definition) is 0. The first-order valence-corrected chi connectivity index (χ1v) is 3.93. The van der Waals surface area contributed by atoms with Crippen LogP contribution in [0.25, 0.3) is 0 Å². The summed E-state index contributed by atoms with van der Waals surface area (Å²) in [5.41, 5.74) is 0. The van der Waals surface area contributed by atoms with Gasteiger partial charge in [-0.15, -0.1) is 0 Å². The topological polar surface area (TPSA) is 0 Å². The van der Waals surface area contributed by atoms with Crippen LogP contribution in [0.1, 0.15) is 0 Å². The average molecular weight is 221 g/mol. The standard InChI is InChI=1S/F4Ge.Ge/c1-5(2,3)4;. The predicted octanol–water partition coefficient (Wildman–Crippen LogP) is 0.919. The van der Waals surface area contributed by atoms with Gasteiger partial charge < -0.3 is 0 Å². The molecule has 0 N–H and O–H groups in total. The van der Waals surface area contributed by atoms with Gasteiger partial charge >= 0.3 is 29.1 Å². The number of halogens is 4. The van der Waals surface area contributed by atoms with Crippen molar-refractivity contribution in [1.29, 1.82) is 0 Å². The molecule has 0 saturated carbocycles. The Morgan fingerprint density at radius 3 is 0.833 bits per heavy atom. The third-order valence-corrected chi connectivity index (χ3v) is 0. The minimum atomic E-state index is -7.00. The van der Waals surface area contributed by atoms with Gasteiger partial charge in [-0.3, -0.25) is 0 Å². The first kappa shape index (κ1) is 9.93. The molecular weight excluding hydrogens is 221 g/mol. The summed E-state index contributed by atoms with van der Waals surface area (Å²) in [5.74, 6) is 0. The minimum Gasteiger partial charge on any atom is 0 e. The minimum absolute atomic E-state index is 0. The van der Waals surface area contributed by atoms with Crippen molar-refractivity contribution in [2.45, 2.75) is 0 Å². The predicted molar refractivity (Wildman–Crippen MR) is 15.9 cm³/mol. The van der Waals surface area contributed by atoms with Crippen LogP contribution in [0.5, 0.6) is 0 Å². The van der Waals surface area contributed by atoms with Crippen molar-refractivity contribution in [2.24, 2.45) is 0 Å². The SMILES string of the molecule is [F][Ge]([F])([F])[F].[Ge]. The van der Waals surface area contributed by atoms with Crippen molar-refractivity contribution in [3.05, 3.63) is 0 Å². The molecule has 0 aromatic heterocycles. The van der Waals surface area contributed by atoms with Gasteiger partial charge in [-0.2, -0.15) is 0 Å². The van der Waals surface area contributed by atoms with Crippen molar-refractivity contribution >= 4 is 32.7 Å². The molecule has 0 aliphatic heterocycles. The second kappa shape index (κ2) is 2.89. The molecule has 0 saturated heterocycles. The fourth-order valence-corrected chi connectivity index (χ4v) is 0. The maximum Gasteiger partial charge on any atom is 0 e. The molecule has 0 nitrogen and oxygen atoms in total. The van der Waals surface area contributed by atoms with Gasteiger partial charge in [0.1, 0.15) is 0 Å². The molecule has 36 valence electrons. The van der Waals surface area contributed by atoms with E-state index in [2.05, 4.69) is 0 Å². The summed E-state index contributed by atoms with van der Waals surface area (Å²) in [5, 5.41) is 0. The van der Waals surface area contributed by atoms with Crippen LogP contribution in [0.15, 0.2) is 0 Å². The Kier molecular flexibility index (Phi) is 4.79. The number of hydrogen-bond donors (Lipinski definition) is 0. The molecule has 0 aromatic rings. The van der Waals surface area contributed by atoms with E-state index in [1.165, 1.54) is 0 Å². The Morgan fingerprint density at radius 2 is 0.833 bits per heavy atom. The monoisotopic (exact) mass is 224 g/mol. The van der Waals surface area contributed by atoms with Crippen LogP contribution < -0.4 is 0 Å². The van der Waals surface area contributed by atoms with E-state index in [1.807, 2.05) is 0 Å². The summed E-state index contributed by atoms with van der Waals surface area (Å²) in [6, 6.07) is 0. The van der Waals surface area contributed by atoms with Crippen LogP contribution >= 0.6 is 0 Å². The Bertz CT molecular complexity index is 21.0. The van der Waals surface area contributed by atoms with E-state index in [1.54, 1.807) is 0 Å². The normalized spacial score (nSPS) is 10.0. The van der Waals surface area contributed by atoms with Crippen LogP contribution in [0, 0.1) is 0 Å². The van der Waals surface area contributed by atoms with E-state index < -0.39 is 15.1 Å². The van der Waals surface area contributed by atoms with E-state index in [0.717, 1.165) is 0 Å². The van der Waals surface area contributed by atoms with E-state index in [9.17, 15) is 14.0 Å². The van der Waals surface area contributed by atoms with E-state index in [4.69, 9.17) is 0 Å². The van der Waals surface area contributed by atoms with Crippen molar-refractivity contribution in [2.75, 3.05) is 0 Å². The molecule has 0 unspecified atom stereocenters. The van der Waals surface area contributed by atoms with Crippen LogP contribution in [-0.4, -0.2) is 32.7 Å². The van der Waals surface area contributed by atoms with Gasteiger partial charge in [0.05, 0.1) is 0 Å². The molecule has 6 heteroatoms. The van der Waals surface area contributed by atoms with Gasteiger partial charge in [-0.05, 0) is 0 Å². The summed E-state index contributed by atoms with van der Waals surface area (Å²) in [6.45, 7) is 0. The Labute approximate surface area is 47.2 Å². The molecule has 0 atom stereocenters. The van der Waals surface area contributed by atoms with Gasteiger partial charge in [0.15, 0.2) is 0 Å². The van der Waals surface area contributed by atoms with Crippen LogP contribution in [-0.2, 0) is 0 Å². The zero-order chi connectivity index (χ0) is 4.50. The van der Waals surface area contributed by atoms with E-state index in [-0.39, 0.29) is 17.6 Å².